The summed E-state index contributed by atoms with van der Waals surface area (Å²) in [5.41, 5.74) is 0.577. The Morgan fingerprint density at radius 2 is 1.84 bits per heavy atom. The van der Waals surface area contributed by atoms with Gasteiger partial charge in [-0.05, 0) is 76.0 Å². The molecule has 0 aromatic heterocycles. The van der Waals surface area contributed by atoms with Crippen LogP contribution in [0.4, 0.5) is 15.8 Å². The van der Waals surface area contributed by atoms with Gasteiger partial charge in [0.05, 0.1) is 17.2 Å². The number of rotatable bonds is 4. The van der Waals surface area contributed by atoms with Crippen molar-refractivity contribution in [3.8, 4) is 0 Å². The van der Waals surface area contributed by atoms with Crippen molar-refractivity contribution in [2.24, 2.45) is 11.3 Å². The van der Waals surface area contributed by atoms with Crippen molar-refractivity contribution in [2.75, 3.05) is 29.9 Å². The molecule has 4 fully saturated rings. The average molecular weight is 444 g/mol. The second-order valence-electron chi connectivity index (χ2n) is 10.3. The molecule has 5 rings (SSSR count). The Morgan fingerprint density at radius 3 is 2.53 bits per heavy atom. The first-order valence-electron chi connectivity index (χ1n) is 12.3. The second-order valence-corrected chi connectivity index (χ2v) is 10.3. The van der Waals surface area contributed by atoms with E-state index in [-0.39, 0.29) is 35.7 Å². The van der Waals surface area contributed by atoms with Gasteiger partial charge < -0.3 is 20.2 Å². The lowest BCUT2D eigenvalue weighted by Gasteiger charge is -2.41. The van der Waals surface area contributed by atoms with Crippen LogP contribution in [0.25, 0.3) is 0 Å². The molecular formula is C25H34FN3O3. The maximum absolute atomic E-state index is 15.0. The number of likely N-dealkylation sites (tertiary alicyclic amines) is 1. The van der Waals surface area contributed by atoms with Crippen LogP contribution in [0, 0.1) is 17.2 Å². The van der Waals surface area contributed by atoms with E-state index in [1.54, 1.807) is 12.1 Å². The lowest BCUT2D eigenvalue weighted by molar-refractivity contribution is -0.139. The van der Waals surface area contributed by atoms with Gasteiger partial charge >= 0.3 is 0 Å². The van der Waals surface area contributed by atoms with E-state index in [1.807, 2.05) is 9.80 Å². The van der Waals surface area contributed by atoms with Gasteiger partial charge in [-0.25, -0.2) is 4.39 Å². The number of aliphatic hydroxyl groups is 1. The van der Waals surface area contributed by atoms with Gasteiger partial charge in [0.1, 0.15) is 5.82 Å². The van der Waals surface area contributed by atoms with Crippen molar-refractivity contribution >= 4 is 23.2 Å². The van der Waals surface area contributed by atoms with E-state index in [0.29, 0.717) is 17.9 Å². The normalized spacial score (nSPS) is 31.1. The summed E-state index contributed by atoms with van der Waals surface area (Å²) in [5.74, 6) is -0.0962. The van der Waals surface area contributed by atoms with Gasteiger partial charge in [-0.15, -0.1) is 0 Å². The number of nitrogens with one attached hydrogen (secondary N) is 1. The van der Waals surface area contributed by atoms with Crippen LogP contribution in [0.5, 0.6) is 0 Å². The highest BCUT2D eigenvalue weighted by Crippen LogP contribution is 2.44. The number of aliphatic hydroxyl groups excluding tert-OH is 1. The number of benzene rings is 1. The fourth-order valence-electron chi connectivity index (χ4n) is 6.04. The summed E-state index contributed by atoms with van der Waals surface area (Å²) >= 11 is 0. The molecule has 1 aromatic carbocycles. The summed E-state index contributed by atoms with van der Waals surface area (Å²) in [6.45, 7) is 2.04. The van der Waals surface area contributed by atoms with E-state index in [2.05, 4.69) is 5.32 Å². The standard InChI is InChI=1S/C25H34FN3O3/c26-21-15-18(27-23(31)17-3-1-4-17)5-10-22(21)28-13-2-11-25(16-28)12-14-29(24(25)32)19-6-8-20(30)9-7-19/h5,10,15,17,19-20,30H,1-4,6-9,11-14,16H2,(H,27,31)/t19-,20-,25-/m0/s1. The monoisotopic (exact) mass is 443 g/mol. The van der Waals surface area contributed by atoms with Crippen molar-refractivity contribution in [2.45, 2.75) is 76.4 Å². The van der Waals surface area contributed by atoms with E-state index in [9.17, 15) is 14.7 Å². The van der Waals surface area contributed by atoms with Crippen molar-refractivity contribution < 1.29 is 19.1 Å². The predicted octanol–water partition coefficient (Wildman–Crippen LogP) is 3.69. The molecule has 0 unspecified atom stereocenters. The third-order valence-corrected chi connectivity index (χ3v) is 8.26. The molecule has 2 heterocycles. The zero-order valence-corrected chi connectivity index (χ0v) is 18.7. The quantitative estimate of drug-likeness (QED) is 0.745. The van der Waals surface area contributed by atoms with Crippen LogP contribution in [0.3, 0.4) is 0 Å². The Bertz CT molecular complexity index is 881. The number of hydrogen-bond acceptors (Lipinski definition) is 4. The molecule has 2 amide bonds. The molecule has 6 nitrogen and oxygen atoms in total. The van der Waals surface area contributed by atoms with Crippen molar-refractivity contribution in [3.63, 3.8) is 0 Å². The summed E-state index contributed by atoms with van der Waals surface area (Å²) < 4.78 is 15.0. The van der Waals surface area contributed by atoms with Crippen molar-refractivity contribution in [1.29, 1.82) is 0 Å². The molecule has 1 aromatic rings. The summed E-state index contributed by atoms with van der Waals surface area (Å²) in [6, 6.07) is 5.15. The minimum absolute atomic E-state index is 0.0211. The highest BCUT2D eigenvalue weighted by Gasteiger charge is 2.50. The van der Waals surface area contributed by atoms with Gasteiger partial charge in [-0.3, -0.25) is 9.59 Å². The second kappa shape index (κ2) is 8.65. The fraction of sp³-hybridized carbons (Fsp3) is 0.680. The predicted molar refractivity (Wildman–Crippen MR) is 121 cm³/mol. The molecule has 1 spiro atoms. The number of halogens is 1. The minimum atomic E-state index is -0.433. The van der Waals surface area contributed by atoms with Gasteiger partial charge in [0.2, 0.25) is 11.8 Å². The molecular weight excluding hydrogens is 409 g/mol. The number of nitrogens with zero attached hydrogens (tertiary/aromatic N) is 2. The molecule has 7 heteroatoms. The zero-order chi connectivity index (χ0) is 22.3. The van der Waals surface area contributed by atoms with Gasteiger partial charge in [0.15, 0.2) is 0 Å². The highest BCUT2D eigenvalue weighted by molar-refractivity contribution is 5.93. The average Bonchev–Trinajstić information content (AvgIpc) is 3.03. The Labute approximate surface area is 189 Å². The minimum Gasteiger partial charge on any atom is -0.393 e. The largest absolute Gasteiger partial charge is 0.393 e. The third kappa shape index (κ3) is 4.00. The Balaban J connectivity index is 1.26. The van der Waals surface area contributed by atoms with Crippen LogP contribution in [0.1, 0.15) is 64.2 Å². The Morgan fingerprint density at radius 1 is 1.06 bits per heavy atom. The van der Waals surface area contributed by atoms with Gasteiger partial charge in [-0.1, -0.05) is 6.42 Å². The molecule has 2 aliphatic carbocycles. The van der Waals surface area contributed by atoms with Crippen LogP contribution in [-0.4, -0.2) is 53.6 Å². The van der Waals surface area contributed by atoms with E-state index >= 15 is 4.39 Å². The van der Waals surface area contributed by atoms with Gasteiger partial charge in [0.25, 0.3) is 0 Å². The first-order valence-corrected chi connectivity index (χ1v) is 12.3. The molecule has 0 radical (unpaired) electrons. The lowest BCUT2D eigenvalue weighted by atomic mass is 9.78. The van der Waals surface area contributed by atoms with E-state index in [1.165, 1.54) is 6.07 Å². The Kier molecular flexibility index (Phi) is 5.86. The van der Waals surface area contributed by atoms with Gasteiger partial charge in [0, 0.05) is 37.3 Å². The topological polar surface area (TPSA) is 72.9 Å². The molecule has 0 bridgehead atoms. The number of amides is 2. The molecule has 2 saturated heterocycles. The van der Waals surface area contributed by atoms with Crippen LogP contribution in [0.2, 0.25) is 0 Å². The summed E-state index contributed by atoms with van der Waals surface area (Å²) in [4.78, 5) is 29.7. The first kappa shape index (κ1) is 21.7. The van der Waals surface area contributed by atoms with Crippen LogP contribution < -0.4 is 10.2 Å². The highest BCUT2D eigenvalue weighted by atomic mass is 19.1. The first-order chi connectivity index (χ1) is 15.4. The lowest BCUT2D eigenvalue weighted by Crippen LogP contribution is -2.50. The maximum Gasteiger partial charge on any atom is 0.230 e. The van der Waals surface area contributed by atoms with Crippen LogP contribution in [0.15, 0.2) is 18.2 Å². The third-order valence-electron chi connectivity index (χ3n) is 8.26. The van der Waals surface area contributed by atoms with E-state index in [0.717, 1.165) is 77.3 Å². The van der Waals surface area contributed by atoms with E-state index in [4.69, 9.17) is 0 Å². The zero-order valence-electron chi connectivity index (χ0n) is 18.7. The number of anilines is 2. The molecule has 174 valence electrons. The fourth-order valence-corrected chi connectivity index (χ4v) is 6.04. The maximum atomic E-state index is 15.0. The summed E-state index contributed by atoms with van der Waals surface area (Å²) in [5, 5.41) is 12.6. The summed E-state index contributed by atoms with van der Waals surface area (Å²) in [6.07, 6.45) is 8.49. The van der Waals surface area contributed by atoms with Crippen molar-refractivity contribution in [1.82, 2.24) is 4.90 Å². The molecule has 2 aliphatic heterocycles. The smallest absolute Gasteiger partial charge is 0.230 e. The summed E-state index contributed by atoms with van der Waals surface area (Å²) in [7, 11) is 0. The number of carbonyl (C=O) groups excluding carboxylic acids is 2. The van der Waals surface area contributed by atoms with E-state index < -0.39 is 5.41 Å². The molecule has 2 saturated carbocycles. The van der Waals surface area contributed by atoms with Crippen molar-refractivity contribution in [3.05, 3.63) is 24.0 Å². The molecule has 2 N–H and O–H groups in total. The van der Waals surface area contributed by atoms with Crippen LogP contribution >= 0.6 is 0 Å². The molecule has 4 aliphatic rings. The molecule has 1 atom stereocenters. The number of carbonyl (C=O) groups is 2. The molecule has 32 heavy (non-hydrogen) atoms. The number of piperidine rings is 1. The van der Waals surface area contributed by atoms with Gasteiger partial charge in [-0.2, -0.15) is 0 Å². The number of hydrogen-bond donors (Lipinski definition) is 2. The van der Waals surface area contributed by atoms with Crippen LogP contribution in [-0.2, 0) is 9.59 Å². The Hall–Kier alpha value is -2.15. The SMILES string of the molecule is O=C(Nc1ccc(N2CCC[C@]3(CCN([C@H]4CC[C@H](O)CC4)C3=O)C2)c(F)c1)C1CCC1.